The van der Waals surface area contributed by atoms with Crippen LogP contribution >= 0.6 is 0 Å². The molecule has 2 aliphatic heterocycles. The number of benzene rings is 3. The maximum atomic E-state index is 6.68. The number of aryl methyl sites for hydroxylation is 3. The zero-order chi connectivity index (χ0) is 34.1. The summed E-state index contributed by atoms with van der Waals surface area (Å²) in [4.78, 5) is 5.04. The van der Waals surface area contributed by atoms with Crippen LogP contribution < -0.4 is 23.5 Å². The molecule has 0 saturated carbocycles. The van der Waals surface area contributed by atoms with E-state index in [0.717, 1.165) is 71.0 Å². The van der Waals surface area contributed by atoms with E-state index in [1.807, 2.05) is 6.07 Å². The monoisotopic (exact) mass is 676 g/mol. The van der Waals surface area contributed by atoms with Crippen LogP contribution in [-0.4, -0.2) is 23.5 Å². The van der Waals surface area contributed by atoms with Crippen LogP contribution in [0, 0.1) is 0 Å². The average molecular weight is 677 g/mol. The van der Waals surface area contributed by atoms with Crippen molar-refractivity contribution in [3.8, 4) is 34.3 Å². The van der Waals surface area contributed by atoms with Crippen molar-refractivity contribution in [2.24, 2.45) is 0 Å². The van der Waals surface area contributed by atoms with Crippen molar-refractivity contribution in [3.05, 3.63) is 72.2 Å². The van der Waals surface area contributed by atoms with Gasteiger partial charge >= 0.3 is 0 Å². The zero-order valence-electron chi connectivity index (χ0n) is 30.2. The Morgan fingerprint density at radius 3 is 2.24 bits per heavy atom. The second kappa shape index (κ2) is 16.6. The van der Waals surface area contributed by atoms with Gasteiger partial charge in [-0.3, -0.25) is 0 Å². The molecule has 0 atom stereocenters. The molecule has 7 rings (SSSR count). The predicted molar refractivity (Wildman–Crippen MR) is 200 cm³/mol. The topological polar surface area (TPSA) is 58.6 Å². The van der Waals surface area contributed by atoms with Crippen LogP contribution in [0.25, 0.3) is 33.1 Å². The molecule has 2 aliphatic rings. The first kappa shape index (κ1) is 34.2. The second-order valence-corrected chi connectivity index (χ2v) is 14.1. The lowest BCUT2D eigenvalue weighted by atomic mass is 9.95. The number of nitrogens with zero attached hydrogens (tertiary/aromatic N) is 3. The first-order valence-corrected chi connectivity index (χ1v) is 19.3. The molecule has 0 saturated heterocycles. The van der Waals surface area contributed by atoms with E-state index >= 15 is 0 Å². The Morgan fingerprint density at radius 1 is 0.800 bits per heavy atom. The van der Waals surface area contributed by atoms with Crippen LogP contribution in [0.5, 0.6) is 23.0 Å². The van der Waals surface area contributed by atoms with Crippen molar-refractivity contribution in [3.63, 3.8) is 0 Å². The molecule has 0 aliphatic carbocycles. The van der Waals surface area contributed by atoms with E-state index in [2.05, 4.69) is 70.8 Å². The molecule has 0 spiro atoms. The Balaban J connectivity index is 0.988. The molecule has 0 radical (unpaired) electrons. The van der Waals surface area contributed by atoms with E-state index in [-0.39, 0.29) is 6.79 Å². The molecule has 0 fully saturated rings. The Labute approximate surface area is 297 Å². The first-order valence-electron chi connectivity index (χ1n) is 19.3. The quantitative estimate of drug-likeness (QED) is 0.0644. The van der Waals surface area contributed by atoms with Crippen molar-refractivity contribution >= 4 is 21.8 Å². The number of hydrogen-bond acceptors (Lipinski definition) is 5. The highest BCUT2D eigenvalue weighted by molar-refractivity contribution is 5.91. The lowest BCUT2D eigenvalue weighted by molar-refractivity contribution is -0.686. The van der Waals surface area contributed by atoms with Crippen LogP contribution in [0.2, 0.25) is 0 Å². The molecule has 2 aromatic heterocycles. The maximum Gasteiger partial charge on any atom is 0.231 e. The Kier molecular flexibility index (Phi) is 11.4. The van der Waals surface area contributed by atoms with Gasteiger partial charge in [0.2, 0.25) is 12.5 Å². The molecule has 0 bridgehead atoms. The van der Waals surface area contributed by atoms with Gasteiger partial charge in [-0.1, -0.05) is 103 Å². The van der Waals surface area contributed by atoms with Gasteiger partial charge in [0.15, 0.2) is 35.7 Å². The zero-order valence-corrected chi connectivity index (χ0v) is 30.2. The van der Waals surface area contributed by atoms with Crippen LogP contribution in [0.4, 0.5) is 0 Å². The lowest BCUT2D eigenvalue weighted by Crippen LogP contribution is -2.40. The summed E-state index contributed by atoms with van der Waals surface area (Å²) in [6.45, 7) is 4.77. The number of imidazole rings is 1. The van der Waals surface area contributed by atoms with Gasteiger partial charge in [0.25, 0.3) is 0 Å². The molecule has 3 aromatic carbocycles. The summed E-state index contributed by atoms with van der Waals surface area (Å²) in [6, 6.07) is 19.1. The minimum Gasteiger partial charge on any atom is -0.493 e. The number of hydrogen-bond donors (Lipinski definition) is 0. The molecule has 50 heavy (non-hydrogen) atoms. The van der Waals surface area contributed by atoms with E-state index in [4.69, 9.17) is 23.9 Å². The van der Waals surface area contributed by atoms with E-state index in [1.165, 1.54) is 106 Å². The van der Waals surface area contributed by atoms with Gasteiger partial charge in [-0.25, -0.2) is 4.98 Å². The second-order valence-electron chi connectivity index (χ2n) is 14.1. The highest BCUT2D eigenvalue weighted by Gasteiger charge is 2.29. The predicted octanol–water partition coefficient (Wildman–Crippen LogP) is 10.5. The van der Waals surface area contributed by atoms with Crippen LogP contribution in [-0.2, 0) is 26.1 Å². The highest BCUT2D eigenvalue weighted by atomic mass is 16.7. The summed E-state index contributed by atoms with van der Waals surface area (Å²) in [7, 11) is 1.71. The largest absolute Gasteiger partial charge is 0.493 e. The van der Waals surface area contributed by atoms with Gasteiger partial charge in [-0.05, 0) is 53.8 Å². The SMILES string of the molecule is CCCCCCCCCCCCCCCCn1c(COc2c(OC)ccc3cc4[n+](cc23)CCc2cc3c(cc2-4)OCO3)nc2ccccc21. The minimum absolute atomic E-state index is 0.281. The summed E-state index contributed by atoms with van der Waals surface area (Å²) in [5, 5.41) is 2.14. The van der Waals surface area contributed by atoms with Gasteiger partial charge in [-0.15, -0.1) is 0 Å². The molecule has 5 aromatic rings. The summed E-state index contributed by atoms with van der Waals surface area (Å²) in [5.74, 6) is 4.09. The summed E-state index contributed by atoms with van der Waals surface area (Å²) in [6.07, 6.45) is 22.2. The number of unbranched alkanes of at least 4 members (excludes halogenated alkanes) is 13. The van der Waals surface area contributed by atoms with Gasteiger partial charge in [-0.2, -0.15) is 4.57 Å². The van der Waals surface area contributed by atoms with Crippen LogP contribution in [0.3, 0.4) is 0 Å². The molecule has 0 N–H and O–H groups in total. The summed E-state index contributed by atoms with van der Waals surface area (Å²) in [5.41, 5.74) is 5.85. The third-order valence-corrected chi connectivity index (χ3v) is 10.6. The van der Waals surface area contributed by atoms with E-state index in [0.29, 0.717) is 6.61 Å². The average Bonchev–Trinajstić information content (AvgIpc) is 3.76. The fourth-order valence-electron chi connectivity index (χ4n) is 7.79. The molecule has 7 nitrogen and oxygen atoms in total. The van der Waals surface area contributed by atoms with Crippen molar-refractivity contribution in [2.75, 3.05) is 13.9 Å². The number of rotatable bonds is 19. The van der Waals surface area contributed by atoms with E-state index in [9.17, 15) is 0 Å². The fourth-order valence-corrected chi connectivity index (χ4v) is 7.79. The molecule has 7 heteroatoms. The number of aromatic nitrogens is 3. The number of para-hydroxylation sites is 2. The van der Waals surface area contributed by atoms with Crippen molar-refractivity contribution in [1.29, 1.82) is 0 Å². The maximum absolute atomic E-state index is 6.68. The fraction of sp³-hybridized carbons (Fsp3) is 0.488. The van der Waals surface area contributed by atoms with Crippen molar-refractivity contribution in [1.82, 2.24) is 9.55 Å². The van der Waals surface area contributed by atoms with Crippen molar-refractivity contribution in [2.45, 2.75) is 123 Å². The van der Waals surface area contributed by atoms with Gasteiger partial charge in [0.05, 0.1) is 29.1 Å². The third kappa shape index (κ3) is 7.72. The molecule has 264 valence electrons. The molecular formula is C43H54N3O4+. The summed E-state index contributed by atoms with van der Waals surface area (Å²) < 4.78 is 28.6. The van der Waals surface area contributed by atoms with E-state index in [1.54, 1.807) is 7.11 Å². The Bertz CT molecular complexity index is 1900. The number of pyridine rings is 1. The molecule has 0 unspecified atom stereocenters. The van der Waals surface area contributed by atoms with Gasteiger partial charge in [0, 0.05) is 19.0 Å². The normalized spacial score (nSPS) is 13.2. The Morgan fingerprint density at radius 2 is 1.50 bits per heavy atom. The van der Waals surface area contributed by atoms with Gasteiger partial charge in [0.1, 0.15) is 12.4 Å². The summed E-state index contributed by atoms with van der Waals surface area (Å²) >= 11 is 0. The number of ether oxygens (including phenoxy) is 4. The number of fused-ring (bicyclic) bond motifs is 6. The van der Waals surface area contributed by atoms with E-state index < -0.39 is 0 Å². The van der Waals surface area contributed by atoms with Gasteiger partial charge < -0.3 is 23.5 Å². The lowest BCUT2D eigenvalue weighted by Gasteiger charge is -2.18. The Hall–Kier alpha value is -4.26. The first-order chi connectivity index (χ1) is 24.7. The smallest absolute Gasteiger partial charge is 0.231 e. The minimum atomic E-state index is 0.281. The molecule has 0 amide bonds. The standard InChI is InChI=1S/C43H54N3O4/c1-3-4-5-6-7-8-9-10-11-12-13-14-15-18-24-46-37-20-17-16-19-36(37)44-42(46)30-48-43-35-29-45-25-23-33-27-40-41(50-31-49-40)28-34(33)38(45)26-32(35)21-22-39(43)47-2/h16-17,19-22,26-29H,3-15,18,23-25,30-31H2,1-2H3/q+1. The highest BCUT2D eigenvalue weighted by Crippen LogP contribution is 2.42. The van der Waals surface area contributed by atoms with Crippen LogP contribution in [0.15, 0.2) is 60.8 Å². The van der Waals surface area contributed by atoms with Crippen molar-refractivity contribution < 1.29 is 23.5 Å². The number of methoxy groups -OCH3 is 1. The molecular weight excluding hydrogens is 622 g/mol. The molecule has 4 heterocycles. The third-order valence-electron chi connectivity index (χ3n) is 10.6. The van der Waals surface area contributed by atoms with Crippen LogP contribution in [0.1, 0.15) is 108 Å².